The fourth-order valence-corrected chi connectivity index (χ4v) is 3.32. The number of aromatic hydroxyl groups is 1. The quantitative estimate of drug-likeness (QED) is 0.452. The highest BCUT2D eigenvalue weighted by molar-refractivity contribution is 5.98. The number of halogens is 1. The van der Waals surface area contributed by atoms with Gasteiger partial charge in [0.25, 0.3) is 0 Å². The highest BCUT2D eigenvalue weighted by atomic mass is 19.1. The smallest absolute Gasteiger partial charge is 0.353 e. The molecule has 3 N–H and O–H groups in total. The van der Waals surface area contributed by atoms with Crippen LogP contribution in [-0.4, -0.2) is 40.4 Å². The van der Waals surface area contributed by atoms with Gasteiger partial charge in [-0.05, 0) is 35.4 Å². The first-order valence-corrected chi connectivity index (χ1v) is 8.90. The fraction of sp³-hybridized carbons (Fsp3) is 0.0909. The molecular weight excluding hydrogens is 391 g/mol. The van der Waals surface area contributed by atoms with Gasteiger partial charge in [0.2, 0.25) is 0 Å². The Kier molecular flexibility index (Phi) is 4.75. The summed E-state index contributed by atoms with van der Waals surface area (Å²) in [4.78, 5) is 18.6. The molecule has 30 heavy (non-hydrogen) atoms. The number of methoxy groups -OCH3 is 2. The molecule has 1 aliphatic carbocycles. The lowest BCUT2D eigenvalue weighted by Gasteiger charge is -2.12. The number of ether oxygens (including phenoxy) is 2. The van der Waals surface area contributed by atoms with Crippen LogP contribution in [0.15, 0.2) is 48.5 Å². The Morgan fingerprint density at radius 3 is 2.50 bits per heavy atom. The number of aromatic carboxylic acids is 1. The topological polar surface area (TPSA) is 105 Å². The van der Waals surface area contributed by atoms with Crippen molar-refractivity contribution in [1.82, 2.24) is 9.97 Å². The number of hydrogen-bond donors (Lipinski definition) is 3. The predicted octanol–water partition coefficient (Wildman–Crippen LogP) is 4.41. The zero-order chi connectivity index (χ0) is 21.4. The second-order valence-corrected chi connectivity index (χ2v) is 6.51. The average molecular weight is 408 g/mol. The van der Waals surface area contributed by atoms with Gasteiger partial charge in [-0.15, -0.1) is 0 Å². The average Bonchev–Trinajstić information content (AvgIpc) is 3.08. The van der Waals surface area contributed by atoms with Crippen LogP contribution >= 0.6 is 0 Å². The van der Waals surface area contributed by atoms with Gasteiger partial charge in [0, 0.05) is 6.07 Å². The van der Waals surface area contributed by atoms with Crippen LogP contribution in [0.3, 0.4) is 0 Å². The number of aromatic nitrogens is 2. The van der Waals surface area contributed by atoms with E-state index in [1.54, 1.807) is 31.4 Å². The largest absolute Gasteiger partial charge is 0.506 e. The zero-order valence-electron chi connectivity index (χ0n) is 16.1. The summed E-state index contributed by atoms with van der Waals surface area (Å²) in [7, 11) is 2.90. The Morgan fingerprint density at radius 1 is 1.07 bits per heavy atom. The lowest BCUT2D eigenvalue weighted by atomic mass is 10.0. The molecule has 1 aliphatic heterocycles. The molecule has 0 aromatic heterocycles. The van der Waals surface area contributed by atoms with Crippen molar-refractivity contribution >= 4 is 5.97 Å². The number of H-pyrrole nitrogens is 1. The van der Waals surface area contributed by atoms with E-state index in [-0.39, 0.29) is 39.8 Å². The Balaban J connectivity index is 1.85. The van der Waals surface area contributed by atoms with E-state index in [2.05, 4.69) is 9.97 Å². The maximum atomic E-state index is 15.0. The molecule has 2 aliphatic rings. The number of nitrogens with zero attached hydrogens (tertiary/aromatic N) is 1. The number of carbonyl (C=O) groups is 1. The molecule has 1 heterocycles. The highest BCUT2D eigenvalue weighted by Crippen LogP contribution is 2.44. The van der Waals surface area contributed by atoms with Gasteiger partial charge in [-0.3, -0.25) is 0 Å². The maximum Gasteiger partial charge on any atom is 0.353 e. The van der Waals surface area contributed by atoms with Gasteiger partial charge in [0.05, 0.1) is 25.3 Å². The Morgan fingerprint density at radius 2 is 1.83 bits per heavy atom. The maximum absolute atomic E-state index is 15.0. The Bertz CT molecular complexity index is 1230. The molecule has 2 aromatic carbocycles. The van der Waals surface area contributed by atoms with E-state index in [9.17, 15) is 19.4 Å². The first-order valence-electron chi connectivity index (χ1n) is 8.90. The van der Waals surface area contributed by atoms with Crippen molar-refractivity contribution in [2.24, 2.45) is 0 Å². The van der Waals surface area contributed by atoms with Gasteiger partial charge in [0.1, 0.15) is 40.3 Å². The number of rotatable bonds is 5. The number of fused-ring (bicyclic) bond motifs is 1. The summed E-state index contributed by atoms with van der Waals surface area (Å²) in [6.07, 6.45) is 0. The second kappa shape index (κ2) is 7.40. The first-order chi connectivity index (χ1) is 14.4. The lowest BCUT2D eigenvalue weighted by molar-refractivity contribution is 0.0691. The van der Waals surface area contributed by atoms with Crippen molar-refractivity contribution in [3.63, 3.8) is 0 Å². The van der Waals surface area contributed by atoms with Crippen molar-refractivity contribution in [1.29, 1.82) is 0 Å². The minimum Gasteiger partial charge on any atom is -0.506 e. The first kappa shape index (κ1) is 19.3. The van der Waals surface area contributed by atoms with Gasteiger partial charge in [-0.2, -0.15) is 0 Å². The van der Waals surface area contributed by atoms with E-state index in [1.807, 2.05) is 6.07 Å². The molecule has 2 aromatic rings. The van der Waals surface area contributed by atoms with Crippen LogP contribution in [-0.2, 0) is 0 Å². The van der Waals surface area contributed by atoms with Gasteiger partial charge in [0.15, 0.2) is 0 Å². The molecule has 152 valence electrons. The highest BCUT2D eigenvalue weighted by Gasteiger charge is 2.27. The number of aromatic amines is 1. The number of hydrogen-bond acceptors (Lipinski definition) is 5. The summed E-state index contributed by atoms with van der Waals surface area (Å²) < 4.78 is 25.3. The Labute approximate surface area is 170 Å². The monoisotopic (exact) mass is 408 g/mol. The molecule has 0 unspecified atom stereocenters. The Hall–Kier alpha value is -4.07. The van der Waals surface area contributed by atoms with E-state index >= 15 is 0 Å². The van der Waals surface area contributed by atoms with Crippen LogP contribution in [0.4, 0.5) is 4.39 Å². The van der Waals surface area contributed by atoms with E-state index in [0.29, 0.717) is 11.3 Å². The van der Waals surface area contributed by atoms with Gasteiger partial charge in [-0.25, -0.2) is 14.2 Å². The van der Waals surface area contributed by atoms with E-state index in [0.717, 1.165) is 5.56 Å². The third-order valence-corrected chi connectivity index (χ3v) is 4.77. The van der Waals surface area contributed by atoms with Gasteiger partial charge in [-0.1, -0.05) is 18.2 Å². The van der Waals surface area contributed by atoms with Crippen molar-refractivity contribution in [2.75, 3.05) is 14.2 Å². The van der Waals surface area contributed by atoms with Crippen molar-refractivity contribution in [2.45, 2.75) is 0 Å². The number of carboxylic acids is 1. The molecule has 0 atom stereocenters. The molecule has 0 fully saturated rings. The SMILES string of the molecule is COc1cccc(-c2ccc(-c3nc4c(O)cc(OC)c-4c(C(=O)O)[nH]3)c(F)c2)c1. The molecule has 0 bridgehead atoms. The van der Waals surface area contributed by atoms with Gasteiger partial charge >= 0.3 is 5.97 Å². The lowest BCUT2D eigenvalue weighted by Crippen LogP contribution is -2.08. The predicted molar refractivity (Wildman–Crippen MR) is 108 cm³/mol. The van der Waals surface area contributed by atoms with Crippen LogP contribution in [0.5, 0.6) is 17.2 Å². The number of benzene rings is 2. The summed E-state index contributed by atoms with van der Waals surface area (Å²) in [5.41, 5.74) is 1.30. The van der Waals surface area contributed by atoms with Crippen LogP contribution in [0.1, 0.15) is 10.5 Å². The molecule has 8 heteroatoms. The second-order valence-electron chi connectivity index (χ2n) is 6.51. The molecule has 0 amide bonds. The zero-order valence-corrected chi connectivity index (χ0v) is 16.1. The molecule has 0 radical (unpaired) electrons. The summed E-state index contributed by atoms with van der Waals surface area (Å²) in [6.45, 7) is 0. The number of carboxylic acid groups (broad SMARTS) is 1. The van der Waals surface area contributed by atoms with E-state index in [4.69, 9.17) is 9.47 Å². The van der Waals surface area contributed by atoms with Gasteiger partial charge < -0.3 is 24.7 Å². The minimum absolute atomic E-state index is 0.00859. The third kappa shape index (κ3) is 3.18. The summed E-state index contributed by atoms with van der Waals surface area (Å²) >= 11 is 0. The third-order valence-electron chi connectivity index (χ3n) is 4.77. The van der Waals surface area contributed by atoms with Crippen molar-refractivity contribution < 1.29 is 28.9 Å². The van der Waals surface area contributed by atoms with Crippen molar-refractivity contribution in [3.8, 4) is 51.0 Å². The summed E-state index contributed by atoms with van der Waals surface area (Å²) in [5, 5.41) is 19.8. The molecular formula is C22H17FN2O5. The summed E-state index contributed by atoms with van der Waals surface area (Å²) in [5.74, 6) is -1.38. The van der Waals surface area contributed by atoms with Crippen molar-refractivity contribution in [3.05, 3.63) is 60.0 Å². The summed E-state index contributed by atoms with van der Waals surface area (Å²) in [6, 6.07) is 13.0. The normalized spacial score (nSPS) is 10.9. The standard InChI is InChI=1S/C22H17FN2O5/c1-29-13-5-3-4-11(8-13)12-6-7-14(15(23)9-12)21-24-19-16(26)10-17(30-2)18(19)20(25-21)22(27)28/h3-10,26H,1-2H3,(H,24,25)(H,27,28). The van der Waals surface area contributed by atoms with E-state index in [1.165, 1.54) is 25.3 Å². The molecule has 0 saturated carbocycles. The fourth-order valence-electron chi connectivity index (χ4n) is 3.32. The van der Waals surface area contributed by atoms with Crippen LogP contribution in [0, 0.1) is 5.82 Å². The van der Waals surface area contributed by atoms with Crippen LogP contribution < -0.4 is 9.47 Å². The van der Waals surface area contributed by atoms with E-state index < -0.39 is 11.8 Å². The molecule has 4 rings (SSSR count). The number of nitrogens with one attached hydrogen (secondary N) is 1. The molecule has 7 nitrogen and oxygen atoms in total. The molecule has 0 spiro atoms. The minimum atomic E-state index is -1.29. The van der Waals surface area contributed by atoms with Crippen LogP contribution in [0.2, 0.25) is 0 Å². The van der Waals surface area contributed by atoms with Crippen LogP contribution in [0.25, 0.3) is 33.8 Å². The molecule has 0 saturated heterocycles.